The van der Waals surface area contributed by atoms with Crippen LogP contribution in [0.5, 0.6) is 0 Å². The van der Waals surface area contributed by atoms with Gasteiger partial charge in [0.15, 0.2) is 0 Å². The van der Waals surface area contributed by atoms with Gasteiger partial charge in [-0.05, 0) is 0 Å². The van der Waals surface area contributed by atoms with E-state index in [-0.39, 0.29) is 20.4 Å². The van der Waals surface area contributed by atoms with Crippen molar-refractivity contribution >= 4 is 28.6 Å². The maximum absolute atomic E-state index is 9.47. The second-order valence-electron chi connectivity index (χ2n) is 0.445. The molecular weight excluding hydrogens is 313 g/mol. The molecule has 0 fully saturated rings. The van der Waals surface area contributed by atoms with Gasteiger partial charge >= 0.3 is 5.43 Å². The SMILES string of the molecule is O=C(Cl)O[CH-]Cl.[Re]. The van der Waals surface area contributed by atoms with Crippen LogP contribution in [-0.2, 0) is 25.2 Å². The van der Waals surface area contributed by atoms with E-state index in [9.17, 15) is 4.79 Å². The molecule has 0 heterocycles. The van der Waals surface area contributed by atoms with Crippen LogP contribution in [0, 0.1) is 6.07 Å². The minimum atomic E-state index is -0.926. The predicted octanol–water partition coefficient (Wildman–Crippen LogP) is 1.72. The molecule has 0 saturated heterocycles. The van der Waals surface area contributed by atoms with Gasteiger partial charge in [-0.2, -0.15) is 0 Å². The van der Waals surface area contributed by atoms with Gasteiger partial charge in [0.2, 0.25) is 0 Å². The van der Waals surface area contributed by atoms with Crippen LogP contribution < -0.4 is 0 Å². The Morgan fingerprint density at radius 3 is 2.14 bits per heavy atom. The van der Waals surface area contributed by atoms with Crippen LogP contribution in [0.15, 0.2) is 0 Å². The van der Waals surface area contributed by atoms with E-state index in [4.69, 9.17) is 11.6 Å². The molecule has 0 aromatic heterocycles. The van der Waals surface area contributed by atoms with Crippen molar-refractivity contribution in [3.8, 4) is 0 Å². The Kier molecular flexibility index (Phi) is 10.2. The molecule has 0 aliphatic rings. The number of hydrogen-bond acceptors (Lipinski definition) is 2. The molecule has 43 valence electrons. The summed E-state index contributed by atoms with van der Waals surface area (Å²) in [4.78, 5) is 9.47. The fourth-order valence-corrected chi connectivity index (χ4v) is 0.206. The van der Waals surface area contributed by atoms with E-state index in [0.717, 1.165) is 0 Å². The summed E-state index contributed by atoms with van der Waals surface area (Å²) in [5.74, 6) is 0. The van der Waals surface area contributed by atoms with Gasteiger partial charge < -0.3 is 16.3 Å². The van der Waals surface area contributed by atoms with Crippen LogP contribution in [0.2, 0.25) is 0 Å². The zero-order chi connectivity index (χ0) is 4.99. The average molecular weight is 314 g/mol. The van der Waals surface area contributed by atoms with Crippen molar-refractivity contribution in [1.82, 2.24) is 0 Å². The van der Waals surface area contributed by atoms with Crippen LogP contribution in [0.3, 0.4) is 0 Å². The standard InChI is InChI=1S/C2HCl2O2.Re/c3-1-6-2(4)5;/h1H;/q-1;. The molecule has 0 amide bonds. The van der Waals surface area contributed by atoms with Crippen LogP contribution in [0.1, 0.15) is 0 Å². The first-order valence-electron chi connectivity index (χ1n) is 1.05. The van der Waals surface area contributed by atoms with Crippen LogP contribution in [-0.4, -0.2) is 5.43 Å². The largest absolute Gasteiger partial charge is 0.610 e. The van der Waals surface area contributed by atoms with Crippen molar-refractivity contribution in [2.45, 2.75) is 0 Å². The zero-order valence-corrected chi connectivity index (χ0v) is 7.26. The number of carbonyl (C=O) groups is 1. The number of hydrogen-bond donors (Lipinski definition) is 0. The van der Waals surface area contributed by atoms with Gasteiger partial charge in [-0.15, -0.1) is 0 Å². The van der Waals surface area contributed by atoms with E-state index in [0.29, 0.717) is 6.07 Å². The fraction of sp³-hybridized carbons (Fsp3) is 0. The Morgan fingerprint density at radius 2 is 2.14 bits per heavy atom. The van der Waals surface area contributed by atoms with Gasteiger partial charge in [0.05, 0.1) is 0 Å². The van der Waals surface area contributed by atoms with Crippen molar-refractivity contribution in [3.63, 3.8) is 0 Å². The third-order valence-electron chi connectivity index (χ3n) is 0.137. The molecule has 2 nitrogen and oxygen atoms in total. The Bertz CT molecular complexity index is 57.7. The van der Waals surface area contributed by atoms with Crippen LogP contribution >= 0.6 is 23.2 Å². The third kappa shape index (κ3) is 10.8. The molecule has 0 saturated carbocycles. The molecule has 0 atom stereocenters. The summed E-state index contributed by atoms with van der Waals surface area (Å²) in [6.45, 7) is 0. The molecule has 0 spiro atoms. The average Bonchev–Trinajstić information content (AvgIpc) is 1.35. The first kappa shape index (κ1) is 10.6. The Hall–Kier alpha value is 0.712. The number of carbonyl (C=O) groups excluding carboxylic acids is 1. The van der Waals surface area contributed by atoms with Crippen molar-refractivity contribution in [2.75, 3.05) is 0 Å². The third-order valence-corrected chi connectivity index (χ3v) is 0.315. The molecular formula is C2HCl2O2Re-. The molecule has 1 radical (unpaired) electrons. The number of halogens is 2. The molecule has 0 aromatic rings. The van der Waals surface area contributed by atoms with Crippen molar-refractivity contribution < 1.29 is 30.0 Å². The molecule has 0 aliphatic carbocycles. The molecule has 5 heteroatoms. The normalized spacial score (nSPS) is 6.57. The summed E-state index contributed by atoms with van der Waals surface area (Å²) in [6.07, 6.45) is 0. The summed E-state index contributed by atoms with van der Waals surface area (Å²) in [7, 11) is 0. The molecule has 0 rings (SSSR count). The second-order valence-corrected chi connectivity index (χ2v) is 0.931. The summed E-state index contributed by atoms with van der Waals surface area (Å²) in [5.41, 5.74) is -0.926. The van der Waals surface area contributed by atoms with E-state index in [1.165, 1.54) is 0 Å². The van der Waals surface area contributed by atoms with Crippen LogP contribution in [0.25, 0.3) is 0 Å². The maximum atomic E-state index is 9.47. The van der Waals surface area contributed by atoms with Crippen LogP contribution in [0.4, 0.5) is 4.79 Å². The van der Waals surface area contributed by atoms with Crippen molar-refractivity contribution in [1.29, 1.82) is 0 Å². The van der Waals surface area contributed by atoms with E-state index >= 15 is 0 Å². The smallest absolute Gasteiger partial charge is 0.373 e. The second kappa shape index (κ2) is 6.71. The maximum Gasteiger partial charge on any atom is 0.373 e. The molecule has 0 unspecified atom stereocenters. The van der Waals surface area contributed by atoms with E-state index in [1.54, 1.807) is 0 Å². The van der Waals surface area contributed by atoms with Gasteiger partial charge in [0.1, 0.15) is 0 Å². The Balaban J connectivity index is 0. The topological polar surface area (TPSA) is 26.3 Å². The van der Waals surface area contributed by atoms with Gasteiger partial charge in [0, 0.05) is 32.0 Å². The summed E-state index contributed by atoms with van der Waals surface area (Å²) in [6, 6.07) is 0.690. The van der Waals surface area contributed by atoms with Gasteiger partial charge in [-0.3, -0.25) is 0 Å². The van der Waals surface area contributed by atoms with Gasteiger partial charge in [0.25, 0.3) is 0 Å². The van der Waals surface area contributed by atoms with Gasteiger partial charge in [-0.25, -0.2) is 4.79 Å². The molecule has 0 bridgehead atoms. The minimum Gasteiger partial charge on any atom is -0.610 e. The summed E-state index contributed by atoms with van der Waals surface area (Å²) < 4.78 is 3.81. The quantitative estimate of drug-likeness (QED) is 0.544. The van der Waals surface area contributed by atoms with Crippen molar-refractivity contribution in [2.24, 2.45) is 0 Å². The molecule has 0 aromatic carbocycles. The molecule has 0 aliphatic heterocycles. The predicted molar refractivity (Wildman–Crippen MR) is 22.5 cm³/mol. The minimum absolute atomic E-state index is 0. The first-order valence-corrected chi connectivity index (χ1v) is 1.87. The van der Waals surface area contributed by atoms with E-state index in [1.807, 2.05) is 0 Å². The molecule has 7 heavy (non-hydrogen) atoms. The fourth-order valence-electron chi connectivity index (χ4n) is 0.0350. The number of ether oxygens (including phenoxy) is 1. The number of rotatable bonds is 1. The zero-order valence-electron chi connectivity index (χ0n) is 3.03. The monoisotopic (exact) mass is 314 g/mol. The summed E-state index contributed by atoms with van der Waals surface area (Å²) >= 11 is 9.35. The Morgan fingerprint density at radius 1 is 1.71 bits per heavy atom. The summed E-state index contributed by atoms with van der Waals surface area (Å²) in [5, 5.41) is 0. The first-order chi connectivity index (χ1) is 2.77. The van der Waals surface area contributed by atoms with Gasteiger partial charge in [-0.1, -0.05) is 6.07 Å². The van der Waals surface area contributed by atoms with E-state index in [2.05, 4.69) is 16.3 Å². The van der Waals surface area contributed by atoms with E-state index < -0.39 is 5.43 Å². The van der Waals surface area contributed by atoms with Crippen molar-refractivity contribution in [3.05, 3.63) is 6.07 Å². The molecule has 0 N–H and O–H groups in total. The Labute approximate surface area is 64.8 Å².